The monoisotopic (exact) mass is 589 g/mol. The fourth-order valence-corrected chi connectivity index (χ4v) is 5.27. The molecular weight excluding hydrogens is 562 g/mol. The van der Waals surface area contributed by atoms with Crippen molar-refractivity contribution < 1.29 is 41.5 Å². The number of imide groups is 1. The maximum absolute atomic E-state index is 14.0. The molecule has 2 aromatic rings. The second-order valence-electron chi connectivity index (χ2n) is 10.6. The maximum atomic E-state index is 14.0. The molecule has 0 unspecified atom stereocenters. The number of nitrogens with one attached hydrogen (secondary N) is 2. The molecule has 0 atom stereocenters. The lowest BCUT2D eigenvalue weighted by atomic mass is 9.85. The van der Waals surface area contributed by atoms with Crippen LogP contribution in [0.15, 0.2) is 42.5 Å². The Balaban J connectivity index is 1.23. The molecule has 1 saturated carbocycles. The average molecular weight is 590 g/mol. The summed E-state index contributed by atoms with van der Waals surface area (Å²) in [6.45, 7) is -0.511. The Morgan fingerprint density at radius 1 is 1.00 bits per heavy atom. The van der Waals surface area contributed by atoms with Crippen LogP contribution in [-0.2, 0) is 20.6 Å². The molecule has 10 nitrogen and oxygen atoms in total. The topological polar surface area (TPSA) is 119 Å². The lowest BCUT2D eigenvalue weighted by molar-refractivity contribution is -0.137. The fourth-order valence-electron chi connectivity index (χ4n) is 5.27. The van der Waals surface area contributed by atoms with Crippen LogP contribution < -0.4 is 15.5 Å². The van der Waals surface area contributed by atoms with Gasteiger partial charge in [-0.25, -0.2) is 9.18 Å². The zero-order chi connectivity index (χ0) is 30.4. The molecule has 2 heterocycles. The van der Waals surface area contributed by atoms with Gasteiger partial charge >= 0.3 is 12.2 Å². The molecule has 14 heteroatoms. The Morgan fingerprint density at radius 2 is 1.64 bits per heavy atom. The van der Waals surface area contributed by atoms with Gasteiger partial charge in [-0.05, 0) is 68.1 Å². The molecule has 1 aliphatic carbocycles. The van der Waals surface area contributed by atoms with Gasteiger partial charge in [0.25, 0.3) is 11.8 Å². The SMILES string of the molecule is CN1C(=O)N(c2ccc(NC(=O)C3CC3)cc2)C2(CCN(C(=O)CNC(=O)c3cc(C(F)(F)F)ccc3F)CC2)C1=O. The summed E-state index contributed by atoms with van der Waals surface area (Å²) in [5.41, 5.74) is -2.31. The molecule has 42 heavy (non-hydrogen) atoms. The van der Waals surface area contributed by atoms with Crippen molar-refractivity contribution in [2.75, 3.05) is 36.9 Å². The van der Waals surface area contributed by atoms with E-state index in [0.29, 0.717) is 29.6 Å². The first kappa shape index (κ1) is 29.0. The molecule has 6 amide bonds. The largest absolute Gasteiger partial charge is 0.416 e. The van der Waals surface area contributed by atoms with Crippen molar-refractivity contribution in [2.45, 2.75) is 37.4 Å². The number of piperidine rings is 1. The highest BCUT2D eigenvalue weighted by Gasteiger charge is 2.57. The number of likely N-dealkylation sites (tertiary alicyclic amines) is 1. The van der Waals surface area contributed by atoms with Crippen molar-refractivity contribution in [3.8, 4) is 0 Å². The van der Waals surface area contributed by atoms with Gasteiger partial charge in [-0.15, -0.1) is 0 Å². The second kappa shape index (κ2) is 10.7. The Hall–Kier alpha value is -4.49. The van der Waals surface area contributed by atoms with E-state index < -0.39 is 59.0 Å². The summed E-state index contributed by atoms with van der Waals surface area (Å²) in [6, 6.07) is 7.44. The molecule has 2 aliphatic heterocycles. The van der Waals surface area contributed by atoms with E-state index in [2.05, 4.69) is 10.6 Å². The van der Waals surface area contributed by atoms with Gasteiger partial charge in [-0.2, -0.15) is 13.2 Å². The molecule has 3 fully saturated rings. The van der Waals surface area contributed by atoms with Gasteiger partial charge in [-0.1, -0.05) is 0 Å². The summed E-state index contributed by atoms with van der Waals surface area (Å²) in [7, 11) is 1.37. The molecule has 2 aromatic carbocycles. The average Bonchev–Trinajstić information content (AvgIpc) is 3.79. The number of alkyl halides is 3. The van der Waals surface area contributed by atoms with Gasteiger partial charge in [0.15, 0.2) is 0 Å². The number of rotatable bonds is 6. The number of carbonyl (C=O) groups is 5. The van der Waals surface area contributed by atoms with Crippen molar-refractivity contribution in [1.29, 1.82) is 0 Å². The lowest BCUT2D eigenvalue weighted by Crippen LogP contribution is -2.58. The van der Waals surface area contributed by atoms with Crippen LogP contribution in [0.4, 0.5) is 33.7 Å². The second-order valence-corrected chi connectivity index (χ2v) is 10.6. The van der Waals surface area contributed by atoms with E-state index in [4.69, 9.17) is 0 Å². The zero-order valence-corrected chi connectivity index (χ0v) is 22.5. The quantitative estimate of drug-likeness (QED) is 0.396. The summed E-state index contributed by atoms with van der Waals surface area (Å²) in [5, 5.41) is 4.97. The predicted octanol–water partition coefficient (Wildman–Crippen LogP) is 3.38. The Kier molecular flexibility index (Phi) is 7.41. The van der Waals surface area contributed by atoms with Crippen LogP contribution in [0.5, 0.6) is 0 Å². The van der Waals surface area contributed by atoms with E-state index in [1.165, 1.54) is 16.8 Å². The van der Waals surface area contributed by atoms with E-state index in [0.717, 1.165) is 17.7 Å². The van der Waals surface area contributed by atoms with E-state index in [9.17, 15) is 41.5 Å². The number of hydrogen-bond acceptors (Lipinski definition) is 5. The minimum Gasteiger partial charge on any atom is -0.343 e. The van der Waals surface area contributed by atoms with Crippen molar-refractivity contribution in [2.24, 2.45) is 5.92 Å². The highest BCUT2D eigenvalue weighted by Crippen LogP contribution is 2.40. The minimum absolute atomic E-state index is 0.0161. The number of hydrogen-bond donors (Lipinski definition) is 2. The first-order valence-electron chi connectivity index (χ1n) is 13.3. The fraction of sp³-hybridized carbons (Fsp3) is 0.393. The van der Waals surface area contributed by atoms with Crippen molar-refractivity contribution >= 4 is 41.0 Å². The summed E-state index contributed by atoms with van der Waals surface area (Å²) in [6.07, 6.45) is -2.90. The number of halogens is 4. The Morgan fingerprint density at radius 3 is 2.24 bits per heavy atom. The maximum Gasteiger partial charge on any atom is 0.416 e. The lowest BCUT2D eigenvalue weighted by Gasteiger charge is -2.42. The van der Waals surface area contributed by atoms with E-state index in [-0.39, 0.29) is 37.8 Å². The van der Waals surface area contributed by atoms with Crippen LogP contribution in [0.25, 0.3) is 0 Å². The Labute approximate surface area is 237 Å². The van der Waals surface area contributed by atoms with Gasteiger partial charge in [0.1, 0.15) is 11.4 Å². The number of nitrogens with zero attached hydrogens (tertiary/aromatic N) is 3. The van der Waals surface area contributed by atoms with Gasteiger partial charge < -0.3 is 15.5 Å². The molecule has 0 bridgehead atoms. The van der Waals surface area contributed by atoms with E-state index >= 15 is 0 Å². The van der Waals surface area contributed by atoms with Gasteiger partial charge in [0, 0.05) is 37.4 Å². The number of urea groups is 1. The zero-order valence-electron chi connectivity index (χ0n) is 22.5. The van der Waals surface area contributed by atoms with Crippen LogP contribution in [0.2, 0.25) is 0 Å². The van der Waals surface area contributed by atoms with Crippen molar-refractivity contribution in [3.63, 3.8) is 0 Å². The number of likely N-dealkylation sites (N-methyl/N-ethyl adjacent to an activating group) is 1. The summed E-state index contributed by atoms with van der Waals surface area (Å²) in [4.78, 5) is 67.4. The standard InChI is InChI=1S/C28H27F4N5O5/c1-35-25(41)27(37(26(35)42)19-7-5-18(6-8-19)34-23(39)16-2-3-16)10-12-36(13-11-27)22(38)15-33-24(40)20-14-17(28(30,31)32)4-9-21(20)29/h4-9,14,16H,2-3,10-13,15H2,1H3,(H,33,40)(H,34,39). The van der Waals surface area contributed by atoms with Crippen LogP contribution in [0.1, 0.15) is 41.6 Å². The summed E-state index contributed by atoms with van der Waals surface area (Å²) < 4.78 is 52.9. The van der Waals surface area contributed by atoms with E-state index in [1.54, 1.807) is 24.3 Å². The van der Waals surface area contributed by atoms with Crippen LogP contribution >= 0.6 is 0 Å². The van der Waals surface area contributed by atoms with Crippen LogP contribution in [0, 0.1) is 11.7 Å². The van der Waals surface area contributed by atoms with E-state index in [1.807, 2.05) is 0 Å². The number of benzene rings is 2. The van der Waals surface area contributed by atoms with Crippen LogP contribution in [0.3, 0.4) is 0 Å². The summed E-state index contributed by atoms with van der Waals surface area (Å²) in [5.74, 6) is -3.42. The molecule has 2 N–H and O–H groups in total. The normalized spacial score (nSPS) is 18.5. The molecule has 5 rings (SSSR count). The van der Waals surface area contributed by atoms with Gasteiger partial charge in [0.2, 0.25) is 11.8 Å². The smallest absolute Gasteiger partial charge is 0.343 e. The molecule has 1 spiro atoms. The highest BCUT2D eigenvalue weighted by molar-refractivity contribution is 6.16. The van der Waals surface area contributed by atoms with Gasteiger partial charge in [0.05, 0.1) is 17.7 Å². The number of carbonyl (C=O) groups excluding carboxylic acids is 5. The van der Waals surface area contributed by atoms with Crippen molar-refractivity contribution in [3.05, 3.63) is 59.4 Å². The molecular formula is C28H27F4N5O5. The Bertz CT molecular complexity index is 1450. The first-order valence-corrected chi connectivity index (χ1v) is 13.3. The molecule has 2 saturated heterocycles. The first-order chi connectivity index (χ1) is 19.8. The summed E-state index contributed by atoms with van der Waals surface area (Å²) >= 11 is 0. The molecule has 222 valence electrons. The van der Waals surface area contributed by atoms with Crippen LogP contribution in [-0.4, -0.2) is 71.7 Å². The third-order valence-corrected chi connectivity index (χ3v) is 7.83. The number of anilines is 2. The number of amides is 6. The third-order valence-electron chi connectivity index (χ3n) is 7.83. The van der Waals surface area contributed by atoms with Gasteiger partial charge in [-0.3, -0.25) is 29.0 Å². The molecule has 0 radical (unpaired) electrons. The molecule has 0 aromatic heterocycles. The minimum atomic E-state index is -4.78. The highest BCUT2D eigenvalue weighted by atomic mass is 19.4. The predicted molar refractivity (Wildman–Crippen MR) is 141 cm³/mol. The van der Waals surface area contributed by atoms with Crippen molar-refractivity contribution in [1.82, 2.24) is 15.1 Å². The third kappa shape index (κ3) is 5.40. The molecule has 3 aliphatic rings.